The van der Waals surface area contributed by atoms with E-state index >= 15 is 0 Å². The molecule has 31 heavy (non-hydrogen) atoms. The second-order valence-corrected chi connectivity index (χ2v) is 9.16. The van der Waals surface area contributed by atoms with Gasteiger partial charge in [-0.05, 0) is 42.9 Å². The van der Waals surface area contributed by atoms with Crippen LogP contribution in [-0.4, -0.2) is 71.2 Å². The molecule has 1 atom stereocenters. The summed E-state index contributed by atoms with van der Waals surface area (Å²) in [5.41, 5.74) is 1.94. The molecule has 0 aromatic heterocycles. The summed E-state index contributed by atoms with van der Waals surface area (Å²) in [4.78, 5) is 42.9. The summed E-state index contributed by atoms with van der Waals surface area (Å²) in [6.45, 7) is 10.6. The Kier molecular flexibility index (Phi) is 8.07. The molecule has 2 aliphatic heterocycles. The molecule has 0 spiro atoms. The lowest BCUT2D eigenvalue weighted by Crippen LogP contribution is -2.49. The van der Waals surface area contributed by atoms with E-state index in [0.717, 1.165) is 51.3 Å². The highest BCUT2D eigenvalue weighted by Crippen LogP contribution is 2.21. The van der Waals surface area contributed by atoms with Crippen molar-refractivity contribution in [3.05, 3.63) is 29.8 Å². The van der Waals surface area contributed by atoms with Crippen molar-refractivity contribution in [3.63, 3.8) is 0 Å². The highest BCUT2D eigenvalue weighted by Gasteiger charge is 2.31. The Morgan fingerprint density at radius 1 is 1.00 bits per heavy atom. The maximum atomic E-state index is 13.0. The zero-order valence-corrected chi connectivity index (χ0v) is 19.1. The minimum Gasteiger partial charge on any atom is -0.340 e. The molecule has 0 saturated carbocycles. The van der Waals surface area contributed by atoms with Gasteiger partial charge < -0.3 is 15.1 Å². The Morgan fingerprint density at radius 3 is 2.26 bits per heavy atom. The fourth-order valence-corrected chi connectivity index (χ4v) is 4.38. The van der Waals surface area contributed by atoms with Gasteiger partial charge in [0, 0.05) is 58.3 Å². The SMILES string of the molecule is CC(=O)N1CCN(Cc2ccc(NC(=O)[C@H](CC(C)C)N3CCCCC3=O)cc2)CC1. The highest BCUT2D eigenvalue weighted by molar-refractivity contribution is 5.97. The number of hydrogen-bond donors (Lipinski definition) is 1. The van der Waals surface area contributed by atoms with Gasteiger partial charge in [0.1, 0.15) is 6.04 Å². The van der Waals surface area contributed by atoms with E-state index in [9.17, 15) is 14.4 Å². The summed E-state index contributed by atoms with van der Waals surface area (Å²) in [7, 11) is 0. The maximum absolute atomic E-state index is 13.0. The Bertz CT molecular complexity index is 770. The average molecular weight is 429 g/mol. The number of piperazine rings is 1. The third-order valence-electron chi connectivity index (χ3n) is 6.18. The van der Waals surface area contributed by atoms with Crippen LogP contribution < -0.4 is 5.32 Å². The van der Waals surface area contributed by atoms with Crippen molar-refractivity contribution >= 4 is 23.4 Å². The van der Waals surface area contributed by atoms with Crippen LogP contribution >= 0.6 is 0 Å². The molecule has 7 nitrogen and oxygen atoms in total. The lowest BCUT2D eigenvalue weighted by atomic mass is 9.98. The zero-order valence-electron chi connectivity index (χ0n) is 19.1. The van der Waals surface area contributed by atoms with E-state index in [0.29, 0.717) is 25.3 Å². The number of likely N-dealkylation sites (tertiary alicyclic amines) is 1. The first-order valence-corrected chi connectivity index (χ1v) is 11.5. The fourth-order valence-electron chi connectivity index (χ4n) is 4.38. The van der Waals surface area contributed by atoms with Gasteiger partial charge in [-0.2, -0.15) is 0 Å². The normalized spacial score (nSPS) is 18.9. The molecule has 170 valence electrons. The zero-order chi connectivity index (χ0) is 22.4. The number of rotatable bonds is 7. The minimum atomic E-state index is -0.412. The molecule has 2 heterocycles. The third-order valence-corrected chi connectivity index (χ3v) is 6.18. The number of nitrogens with one attached hydrogen (secondary N) is 1. The van der Waals surface area contributed by atoms with Gasteiger partial charge in [0.05, 0.1) is 0 Å². The quantitative estimate of drug-likeness (QED) is 0.725. The van der Waals surface area contributed by atoms with Gasteiger partial charge in [0.15, 0.2) is 0 Å². The van der Waals surface area contributed by atoms with Crippen molar-refractivity contribution < 1.29 is 14.4 Å². The Morgan fingerprint density at radius 2 is 1.68 bits per heavy atom. The first kappa shape index (κ1) is 23.3. The van der Waals surface area contributed by atoms with E-state index < -0.39 is 6.04 Å². The monoisotopic (exact) mass is 428 g/mol. The minimum absolute atomic E-state index is 0.0901. The number of anilines is 1. The molecule has 2 fully saturated rings. The Hall–Kier alpha value is -2.41. The van der Waals surface area contributed by atoms with Gasteiger partial charge in [0.2, 0.25) is 17.7 Å². The van der Waals surface area contributed by atoms with E-state index in [4.69, 9.17) is 0 Å². The topological polar surface area (TPSA) is 73.0 Å². The summed E-state index contributed by atoms with van der Waals surface area (Å²) in [5, 5.41) is 3.02. The molecule has 2 saturated heterocycles. The van der Waals surface area contributed by atoms with Crippen LogP contribution in [0.4, 0.5) is 5.69 Å². The molecule has 3 amide bonds. The van der Waals surface area contributed by atoms with Crippen molar-refractivity contribution in [1.82, 2.24) is 14.7 Å². The molecule has 2 aliphatic rings. The number of carbonyl (C=O) groups excluding carboxylic acids is 3. The van der Waals surface area contributed by atoms with E-state index in [2.05, 4.69) is 24.1 Å². The van der Waals surface area contributed by atoms with Crippen molar-refractivity contribution in [2.24, 2.45) is 5.92 Å². The molecule has 0 radical (unpaired) electrons. The van der Waals surface area contributed by atoms with Crippen molar-refractivity contribution in [2.45, 2.75) is 59.0 Å². The molecule has 3 rings (SSSR count). The number of amides is 3. The molecule has 0 unspecified atom stereocenters. The van der Waals surface area contributed by atoms with Gasteiger partial charge in [-0.15, -0.1) is 0 Å². The Labute approximate surface area is 185 Å². The molecule has 7 heteroatoms. The van der Waals surface area contributed by atoms with Gasteiger partial charge in [-0.1, -0.05) is 26.0 Å². The van der Waals surface area contributed by atoms with Crippen LogP contribution in [0.25, 0.3) is 0 Å². The molecule has 1 N–H and O–H groups in total. The molecule has 0 aliphatic carbocycles. The number of carbonyl (C=O) groups is 3. The summed E-state index contributed by atoms with van der Waals surface area (Å²) >= 11 is 0. The predicted molar refractivity (Wildman–Crippen MR) is 121 cm³/mol. The van der Waals surface area contributed by atoms with Crippen molar-refractivity contribution in [1.29, 1.82) is 0 Å². The van der Waals surface area contributed by atoms with E-state index in [1.807, 2.05) is 29.2 Å². The Balaban J connectivity index is 1.56. The van der Waals surface area contributed by atoms with E-state index in [1.54, 1.807) is 11.8 Å². The average Bonchev–Trinajstić information content (AvgIpc) is 2.74. The number of hydrogen-bond acceptors (Lipinski definition) is 4. The van der Waals surface area contributed by atoms with Gasteiger partial charge in [-0.3, -0.25) is 19.3 Å². The highest BCUT2D eigenvalue weighted by atomic mass is 16.2. The van der Waals surface area contributed by atoms with Crippen LogP contribution in [0.1, 0.15) is 52.0 Å². The van der Waals surface area contributed by atoms with Crippen LogP contribution in [0.15, 0.2) is 24.3 Å². The maximum Gasteiger partial charge on any atom is 0.247 e. The smallest absolute Gasteiger partial charge is 0.247 e. The van der Waals surface area contributed by atoms with Crippen LogP contribution in [0.5, 0.6) is 0 Å². The lowest BCUT2D eigenvalue weighted by Gasteiger charge is -2.34. The van der Waals surface area contributed by atoms with Gasteiger partial charge >= 0.3 is 0 Å². The van der Waals surface area contributed by atoms with E-state index in [-0.39, 0.29) is 17.7 Å². The standard InChI is InChI=1S/C24H36N4O3/c1-18(2)16-22(28-11-5-4-6-23(28)30)24(31)25-21-9-7-20(8-10-21)17-26-12-14-27(15-13-26)19(3)29/h7-10,18,22H,4-6,11-17H2,1-3H3,(H,25,31)/t22-/m0/s1. The molecule has 1 aromatic carbocycles. The fraction of sp³-hybridized carbons (Fsp3) is 0.625. The molecular formula is C24H36N4O3. The second-order valence-electron chi connectivity index (χ2n) is 9.16. The summed E-state index contributed by atoms with van der Waals surface area (Å²) in [6, 6.07) is 7.53. The number of piperidine rings is 1. The first-order chi connectivity index (χ1) is 14.8. The lowest BCUT2D eigenvalue weighted by molar-refractivity contribution is -0.141. The predicted octanol–water partition coefficient (Wildman–Crippen LogP) is 2.72. The number of nitrogens with zero attached hydrogens (tertiary/aromatic N) is 3. The summed E-state index contributed by atoms with van der Waals surface area (Å²) < 4.78 is 0. The third kappa shape index (κ3) is 6.53. The van der Waals surface area contributed by atoms with Crippen molar-refractivity contribution in [2.75, 3.05) is 38.0 Å². The van der Waals surface area contributed by atoms with Gasteiger partial charge in [-0.25, -0.2) is 0 Å². The second kappa shape index (κ2) is 10.8. The number of benzene rings is 1. The van der Waals surface area contributed by atoms with Crippen LogP contribution in [0.3, 0.4) is 0 Å². The molecular weight excluding hydrogens is 392 g/mol. The van der Waals surface area contributed by atoms with Gasteiger partial charge in [0.25, 0.3) is 0 Å². The first-order valence-electron chi connectivity index (χ1n) is 11.5. The largest absolute Gasteiger partial charge is 0.340 e. The van der Waals surface area contributed by atoms with Crippen LogP contribution in [0, 0.1) is 5.92 Å². The summed E-state index contributed by atoms with van der Waals surface area (Å²) in [6.07, 6.45) is 3.08. The van der Waals surface area contributed by atoms with Crippen molar-refractivity contribution in [3.8, 4) is 0 Å². The van der Waals surface area contributed by atoms with Crippen LogP contribution in [0.2, 0.25) is 0 Å². The summed E-state index contributed by atoms with van der Waals surface area (Å²) in [5.74, 6) is 0.461. The molecule has 1 aromatic rings. The van der Waals surface area contributed by atoms with Crippen LogP contribution in [-0.2, 0) is 20.9 Å². The van der Waals surface area contributed by atoms with E-state index in [1.165, 1.54) is 5.56 Å². The molecule has 0 bridgehead atoms.